The molecule has 0 radical (unpaired) electrons. The number of carbonyl (C=O) groups is 1. The van der Waals surface area contributed by atoms with Crippen LogP contribution >= 0.6 is 23.5 Å². The molecule has 2 heterocycles. The maximum atomic E-state index is 13.4. The fourth-order valence-electron chi connectivity index (χ4n) is 3.86. The van der Waals surface area contributed by atoms with Crippen LogP contribution in [0.2, 0.25) is 0 Å². The molecule has 1 aromatic heterocycles. The number of thioether (sulfide) groups is 2. The first kappa shape index (κ1) is 20.5. The number of fused-ring (bicyclic) bond motifs is 1. The maximum Gasteiger partial charge on any atom is 0.272 e. The molecule has 1 saturated carbocycles. The lowest BCUT2D eigenvalue weighted by molar-refractivity contribution is -0.119. The first-order chi connectivity index (χ1) is 14.0. The van der Waals surface area contributed by atoms with Gasteiger partial charge in [-0.15, -0.1) is 11.8 Å². The summed E-state index contributed by atoms with van der Waals surface area (Å²) in [5, 5.41) is 3.87. The summed E-state index contributed by atoms with van der Waals surface area (Å²) in [7, 11) is 0. The van der Waals surface area contributed by atoms with Crippen molar-refractivity contribution in [2.75, 3.05) is 5.75 Å². The van der Waals surface area contributed by atoms with Crippen molar-refractivity contribution in [3.8, 4) is 5.69 Å². The Kier molecular flexibility index (Phi) is 6.29. The minimum Gasteiger partial charge on any atom is -0.353 e. The van der Waals surface area contributed by atoms with Crippen LogP contribution in [0.4, 0.5) is 4.39 Å². The molecule has 1 N–H and O–H groups in total. The highest BCUT2D eigenvalue weighted by Crippen LogP contribution is 2.34. The van der Waals surface area contributed by atoms with E-state index in [0.29, 0.717) is 21.0 Å². The second-order valence-electron chi connectivity index (χ2n) is 7.61. The normalized spacial score (nSPS) is 19.2. The number of benzene rings is 1. The van der Waals surface area contributed by atoms with Crippen molar-refractivity contribution in [3.63, 3.8) is 0 Å². The molecule has 29 heavy (non-hydrogen) atoms. The van der Waals surface area contributed by atoms with E-state index in [0.717, 1.165) is 37.8 Å². The summed E-state index contributed by atoms with van der Waals surface area (Å²) in [6.07, 6.45) is 6.35. The molecule has 2 aliphatic rings. The molecule has 0 unspecified atom stereocenters. The Balaban J connectivity index is 1.59. The number of nitrogens with zero attached hydrogens (tertiary/aromatic N) is 2. The Morgan fingerprint density at radius 1 is 1.28 bits per heavy atom. The topological polar surface area (TPSA) is 64.0 Å². The number of hydrogen-bond acceptors (Lipinski definition) is 5. The SMILES string of the molecule is C[C@@H]1Cc2nc(SCC(=O)NC3CCCCC3)n(-c3ccc(F)cc3)c(=O)c2S1. The van der Waals surface area contributed by atoms with Gasteiger partial charge in [-0.3, -0.25) is 14.2 Å². The smallest absolute Gasteiger partial charge is 0.272 e. The third-order valence-corrected chi connectivity index (χ3v) is 7.42. The van der Waals surface area contributed by atoms with Crippen LogP contribution in [0.15, 0.2) is 39.1 Å². The molecule has 1 fully saturated rings. The first-order valence-electron chi connectivity index (χ1n) is 10.0. The van der Waals surface area contributed by atoms with Gasteiger partial charge in [0.2, 0.25) is 5.91 Å². The molecule has 0 spiro atoms. The van der Waals surface area contributed by atoms with E-state index in [1.807, 2.05) is 0 Å². The lowest BCUT2D eigenvalue weighted by Gasteiger charge is -2.22. The van der Waals surface area contributed by atoms with Crippen LogP contribution < -0.4 is 10.9 Å². The molecule has 1 aliphatic heterocycles. The Labute approximate surface area is 177 Å². The summed E-state index contributed by atoms with van der Waals surface area (Å²) >= 11 is 2.79. The van der Waals surface area contributed by atoms with Gasteiger partial charge in [-0.05, 0) is 37.1 Å². The van der Waals surface area contributed by atoms with E-state index in [1.54, 1.807) is 12.1 Å². The molecule has 2 aromatic rings. The van der Waals surface area contributed by atoms with Crippen molar-refractivity contribution in [1.29, 1.82) is 0 Å². The average molecular weight is 434 g/mol. The van der Waals surface area contributed by atoms with Crippen LogP contribution in [0.5, 0.6) is 0 Å². The predicted molar refractivity (Wildman–Crippen MR) is 115 cm³/mol. The number of rotatable bonds is 5. The summed E-state index contributed by atoms with van der Waals surface area (Å²) in [5.74, 6) is -0.198. The Morgan fingerprint density at radius 3 is 2.72 bits per heavy atom. The number of carbonyl (C=O) groups excluding carboxylic acids is 1. The zero-order valence-corrected chi connectivity index (χ0v) is 18.0. The number of aromatic nitrogens is 2. The third-order valence-electron chi connectivity index (χ3n) is 5.27. The largest absolute Gasteiger partial charge is 0.353 e. The minimum atomic E-state index is -0.361. The van der Waals surface area contributed by atoms with Crippen molar-refractivity contribution in [2.45, 2.75) is 66.8 Å². The molecule has 4 rings (SSSR count). The van der Waals surface area contributed by atoms with Gasteiger partial charge in [0.1, 0.15) is 5.82 Å². The van der Waals surface area contributed by atoms with Gasteiger partial charge in [0.25, 0.3) is 5.56 Å². The van der Waals surface area contributed by atoms with Crippen LogP contribution in [0.25, 0.3) is 5.69 Å². The molecule has 1 amide bonds. The van der Waals surface area contributed by atoms with Gasteiger partial charge in [0.15, 0.2) is 5.16 Å². The molecule has 5 nitrogen and oxygen atoms in total. The molecular formula is C21H24FN3O2S2. The van der Waals surface area contributed by atoms with Gasteiger partial charge in [-0.2, -0.15) is 0 Å². The fraction of sp³-hybridized carbons (Fsp3) is 0.476. The first-order valence-corrected chi connectivity index (χ1v) is 11.9. The summed E-state index contributed by atoms with van der Waals surface area (Å²) in [6.45, 7) is 2.07. The van der Waals surface area contributed by atoms with E-state index in [2.05, 4.69) is 12.2 Å². The van der Waals surface area contributed by atoms with Gasteiger partial charge in [0, 0.05) is 17.7 Å². The van der Waals surface area contributed by atoms with Crippen LogP contribution in [-0.4, -0.2) is 32.5 Å². The van der Waals surface area contributed by atoms with E-state index in [1.165, 1.54) is 46.6 Å². The molecule has 1 atom stereocenters. The van der Waals surface area contributed by atoms with Crippen molar-refractivity contribution in [2.24, 2.45) is 0 Å². The van der Waals surface area contributed by atoms with Crippen molar-refractivity contribution in [3.05, 3.63) is 46.1 Å². The molecular weight excluding hydrogens is 409 g/mol. The Hall–Kier alpha value is -1.80. The average Bonchev–Trinajstić information content (AvgIpc) is 3.09. The van der Waals surface area contributed by atoms with Gasteiger partial charge < -0.3 is 5.32 Å². The second kappa shape index (κ2) is 8.92. The second-order valence-corrected chi connectivity index (χ2v) is 10.0. The highest BCUT2D eigenvalue weighted by molar-refractivity contribution is 8.00. The van der Waals surface area contributed by atoms with Crippen molar-refractivity contribution >= 4 is 29.4 Å². The number of hydrogen-bond donors (Lipinski definition) is 1. The van der Waals surface area contributed by atoms with Crippen LogP contribution in [0, 0.1) is 5.82 Å². The highest BCUT2D eigenvalue weighted by Gasteiger charge is 2.27. The molecule has 1 aliphatic carbocycles. The van der Waals surface area contributed by atoms with Crippen molar-refractivity contribution < 1.29 is 9.18 Å². The highest BCUT2D eigenvalue weighted by atomic mass is 32.2. The lowest BCUT2D eigenvalue weighted by Crippen LogP contribution is -2.37. The zero-order valence-electron chi connectivity index (χ0n) is 16.3. The van der Waals surface area contributed by atoms with E-state index in [-0.39, 0.29) is 29.1 Å². The third kappa shape index (κ3) is 4.69. The van der Waals surface area contributed by atoms with Crippen LogP contribution in [0.1, 0.15) is 44.7 Å². The maximum absolute atomic E-state index is 13.4. The van der Waals surface area contributed by atoms with Gasteiger partial charge >= 0.3 is 0 Å². The van der Waals surface area contributed by atoms with Gasteiger partial charge in [0.05, 0.1) is 22.0 Å². The number of nitrogens with one attached hydrogen (secondary N) is 1. The lowest BCUT2D eigenvalue weighted by atomic mass is 9.95. The van der Waals surface area contributed by atoms with Crippen LogP contribution in [0.3, 0.4) is 0 Å². The van der Waals surface area contributed by atoms with Gasteiger partial charge in [-0.25, -0.2) is 9.37 Å². The van der Waals surface area contributed by atoms with E-state index in [9.17, 15) is 14.0 Å². The quantitative estimate of drug-likeness (QED) is 0.571. The van der Waals surface area contributed by atoms with E-state index < -0.39 is 0 Å². The number of halogens is 1. The van der Waals surface area contributed by atoms with E-state index >= 15 is 0 Å². The monoisotopic (exact) mass is 433 g/mol. The molecule has 0 saturated heterocycles. The molecule has 1 aromatic carbocycles. The Bertz CT molecular complexity index is 956. The Morgan fingerprint density at radius 2 is 2.00 bits per heavy atom. The molecule has 8 heteroatoms. The van der Waals surface area contributed by atoms with Crippen LogP contribution in [-0.2, 0) is 11.2 Å². The fourth-order valence-corrected chi connectivity index (χ4v) is 5.80. The van der Waals surface area contributed by atoms with E-state index in [4.69, 9.17) is 4.98 Å². The number of amides is 1. The standard InChI is InChI=1S/C21H24FN3O2S2/c1-13-11-17-19(29-13)20(27)25(16-9-7-14(22)8-10-16)21(24-17)28-12-18(26)23-15-5-3-2-4-6-15/h7-10,13,15H,2-6,11-12H2,1H3,(H,23,26)/t13-/m1/s1. The summed E-state index contributed by atoms with van der Waals surface area (Å²) < 4.78 is 14.9. The molecule has 0 bridgehead atoms. The summed E-state index contributed by atoms with van der Waals surface area (Å²) in [5.41, 5.74) is 1.20. The summed E-state index contributed by atoms with van der Waals surface area (Å²) in [6, 6.07) is 6.05. The summed E-state index contributed by atoms with van der Waals surface area (Å²) in [4.78, 5) is 31.0. The predicted octanol–water partition coefficient (Wildman–Crippen LogP) is 3.95. The zero-order chi connectivity index (χ0) is 20.4. The van der Waals surface area contributed by atoms with Gasteiger partial charge in [-0.1, -0.05) is 37.9 Å². The van der Waals surface area contributed by atoms with Crippen molar-refractivity contribution in [1.82, 2.24) is 14.9 Å². The molecule has 154 valence electrons. The minimum absolute atomic E-state index is 0.0370.